The first-order chi connectivity index (χ1) is 12.1. The van der Waals surface area contributed by atoms with Crippen molar-refractivity contribution in [1.82, 2.24) is 4.72 Å². The third-order valence-corrected chi connectivity index (χ3v) is 5.15. The van der Waals surface area contributed by atoms with Gasteiger partial charge in [-0.15, -0.1) is 0 Å². The van der Waals surface area contributed by atoms with Crippen molar-refractivity contribution in [2.75, 3.05) is 0 Å². The Morgan fingerprint density at radius 1 is 1.23 bits per heavy atom. The van der Waals surface area contributed by atoms with Gasteiger partial charge in [-0.1, -0.05) is 23.7 Å². The van der Waals surface area contributed by atoms with Crippen LogP contribution in [0.4, 0.5) is 10.1 Å². The van der Waals surface area contributed by atoms with Crippen molar-refractivity contribution in [2.24, 2.45) is 0 Å². The van der Waals surface area contributed by atoms with Gasteiger partial charge in [-0.3, -0.25) is 10.1 Å². The van der Waals surface area contributed by atoms with Gasteiger partial charge in [0.15, 0.2) is 0 Å². The molecule has 0 fully saturated rings. The van der Waals surface area contributed by atoms with E-state index in [2.05, 4.69) is 4.72 Å². The summed E-state index contributed by atoms with van der Waals surface area (Å²) in [4.78, 5) is 20.5. The molecule has 0 amide bonds. The van der Waals surface area contributed by atoms with Crippen LogP contribution in [0.15, 0.2) is 47.4 Å². The third kappa shape index (κ3) is 4.75. The lowest BCUT2D eigenvalue weighted by molar-refractivity contribution is -0.384. The second-order valence-electron chi connectivity index (χ2n) is 5.17. The van der Waals surface area contributed by atoms with E-state index in [1.807, 2.05) is 0 Å². The molecule has 2 rings (SSSR count). The minimum absolute atomic E-state index is 0.183. The van der Waals surface area contributed by atoms with Crippen LogP contribution >= 0.6 is 11.6 Å². The average Bonchev–Trinajstić information content (AvgIpc) is 2.54. The van der Waals surface area contributed by atoms with Crippen LogP contribution in [-0.2, 0) is 14.8 Å². The zero-order valence-electron chi connectivity index (χ0n) is 12.9. The van der Waals surface area contributed by atoms with E-state index in [1.165, 1.54) is 12.1 Å². The van der Waals surface area contributed by atoms with Crippen molar-refractivity contribution in [1.29, 1.82) is 0 Å². The minimum atomic E-state index is -4.33. The number of carbonyl (C=O) groups excluding carboxylic acids is 1. The lowest BCUT2D eigenvalue weighted by atomic mass is 10.1. The topological polar surface area (TPSA) is 129 Å². The molecule has 0 aliphatic carbocycles. The zero-order valence-corrected chi connectivity index (χ0v) is 14.5. The number of carboxylic acid groups (broad SMARTS) is 1. The van der Waals surface area contributed by atoms with Crippen molar-refractivity contribution in [3.63, 3.8) is 0 Å². The Hall–Kier alpha value is -2.56. The maximum atomic E-state index is 13.0. The number of nitrogens with zero attached hydrogens (tertiary/aromatic N) is 1. The summed E-state index contributed by atoms with van der Waals surface area (Å²) in [6.07, 6.45) is -0.722. The van der Waals surface area contributed by atoms with E-state index < -0.39 is 49.8 Å². The standard InChI is InChI=1S/C15H12ClFN2O6S/c16-12-6-5-11(7-14(12)19(22)23)26(24,25)18-13(8-15(20)21)9-1-3-10(17)4-2-9/h1-7,13,18H,8H2,(H,20,21)/p-1/t13-/m0/s1. The van der Waals surface area contributed by atoms with Crippen LogP contribution in [0.3, 0.4) is 0 Å². The number of benzene rings is 2. The van der Waals surface area contributed by atoms with Gasteiger partial charge in [0.2, 0.25) is 10.0 Å². The number of halogens is 2. The highest BCUT2D eigenvalue weighted by Crippen LogP contribution is 2.28. The van der Waals surface area contributed by atoms with Crippen molar-refractivity contribution >= 4 is 33.3 Å². The van der Waals surface area contributed by atoms with Gasteiger partial charge < -0.3 is 9.90 Å². The smallest absolute Gasteiger partial charge is 0.289 e. The van der Waals surface area contributed by atoms with Gasteiger partial charge in [0.25, 0.3) is 5.69 Å². The van der Waals surface area contributed by atoms with Crippen molar-refractivity contribution in [3.8, 4) is 0 Å². The van der Waals surface area contributed by atoms with Gasteiger partial charge in [-0.05, 0) is 29.8 Å². The molecule has 1 N–H and O–H groups in total. The number of rotatable bonds is 7. The Balaban J connectivity index is 2.40. The molecule has 0 radical (unpaired) electrons. The van der Waals surface area contributed by atoms with Crippen molar-refractivity contribution in [2.45, 2.75) is 17.4 Å². The lowest BCUT2D eigenvalue weighted by Gasteiger charge is -2.20. The fourth-order valence-electron chi connectivity index (χ4n) is 2.14. The molecule has 0 aliphatic heterocycles. The summed E-state index contributed by atoms with van der Waals surface area (Å²) >= 11 is 5.65. The molecule has 0 aliphatic rings. The van der Waals surface area contributed by atoms with Gasteiger partial charge in [-0.2, -0.15) is 0 Å². The first-order valence-corrected chi connectivity index (χ1v) is 8.88. The quantitative estimate of drug-likeness (QED) is 0.553. The summed E-state index contributed by atoms with van der Waals surface area (Å²) in [5.41, 5.74) is -0.435. The SMILES string of the molecule is O=C([O-])C[C@H](NS(=O)(=O)c1ccc(Cl)c([N+](=O)[O-])c1)c1ccc(F)cc1. The molecule has 0 heterocycles. The third-order valence-electron chi connectivity index (χ3n) is 3.37. The Morgan fingerprint density at radius 2 is 1.85 bits per heavy atom. The Kier molecular flexibility index (Phi) is 5.90. The van der Waals surface area contributed by atoms with Crippen LogP contribution < -0.4 is 9.83 Å². The Bertz CT molecular complexity index is 949. The van der Waals surface area contributed by atoms with Crippen molar-refractivity contribution in [3.05, 3.63) is 69.0 Å². The maximum absolute atomic E-state index is 13.0. The van der Waals surface area contributed by atoms with Crippen LogP contribution in [-0.4, -0.2) is 19.3 Å². The van der Waals surface area contributed by atoms with E-state index in [4.69, 9.17) is 11.6 Å². The normalized spacial score (nSPS) is 12.5. The molecule has 0 aromatic heterocycles. The summed E-state index contributed by atoms with van der Waals surface area (Å²) in [5, 5.41) is 21.6. The number of hydrogen-bond donors (Lipinski definition) is 1. The molecule has 0 saturated carbocycles. The highest BCUT2D eigenvalue weighted by Gasteiger charge is 2.25. The number of hydrogen-bond acceptors (Lipinski definition) is 6. The monoisotopic (exact) mass is 401 g/mol. The predicted octanol–water partition coefficient (Wildman–Crippen LogP) is 1.55. The molecule has 0 saturated heterocycles. The molecule has 2 aromatic carbocycles. The second kappa shape index (κ2) is 7.77. The molecular weight excluding hydrogens is 391 g/mol. The van der Waals surface area contributed by atoms with E-state index >= 15 is 0 Å². The first kappa shape index (κ1) is 19.8. The van der Waals surface area contributed by atoms with E-state index in [1.54, 1.807) is 0 Å². The summed E-state index contributed by atoms with van der Waals surface area (Å²) in [6, 6.07) is 6.09. The van der Waals surface area contributed by atoms with Crippen LogP contribution in [0.25, 0.3) is 0 Å². The van der Waals surface area contributed by atoms with E-state index in [-0.39, 0.29) is 10.6 Å². The van der Waals surface area contributed by atoms with Crippen LogP contribution in [0.2, 0.25) is 5.02 Å². The maximum Gasteiger partial charge on any atom is 0.289 e. The van der Waals surface area contributed by atoms with Gasteiger partial charge >= 0.3 is 0 Å². The Labute approximate surface area is 152 Å². The number of aliphatic carboxylic acids is 1. The summed E-state index contributed by atoms with van der Waals surface area (Å²) in [6.45, 7) is 0. The van der Waals surface area contributed by atoms with Gasteiger partial charge in [0.1, 0.15) is 10.8 Å². The van der Waals surface area contributed by atoms with E-state index in [0.29, 0.717) is 0 Å². The first-order valence-electron chi connectivity index (χ1n) is 7.02. The largest absolute Gasteiger partial charge is 0.550 e. The molecule has 26 heavy (non-hydrogen) atoms. The summed E-state index contributed by atoms with van der Waals surface area (Å²) in [5.74, 6) is -2.12. The minimum Gasteiger partial charge on any atom is -0.550 e. The molecular formula is C15H11ClFN2O6S-. The number of carbonyl (C=O) groups is 1. The average molecular weight is 402 g/mol. The number of sulfonamides is 1. The van der Waals surface area contributed by atoms with Crippen LogP contribution in [0, 0.1) is 15.9 Å². The van der Waals surface area contributed by atoms with Gasteiger partial charge in [-0.25, -0.2) is 17.5 Å². The molecule has 2 aromatic rings. The number of nitro benzene ring substituents is 1. The molecule has 1 atom stereocenters. The highest BCUT2D eigenvalue weighted by molar-refractivity contribution is 7.89. The fraction of sp³-hybridized carbons (Fsp3) is 0.133. The van der Waals surface area contributed by atoms with E-state index in [9.17, 15) is 32.8 Å². The molecule has 0 bridgehead atoms. The Morgan fingerprint density at radius 3 is 2.38 bits per heavy atom. The number of nitrogens with one attached hydrogen (secondary N) is 1. The lowest BCUT2D eigenvalue weighted by Crippen LogP contribution is -2.34. The molecule has 0 unspecified atom stereocenters. The number of carboxylic acids is 1. The number of nitro groups is 1. The fourth-order valence-corrected chi connectivity index (χ4v) is 3.57. The summed E-state index contributed by atoms with van der Waals surface area (Å²) < 4.78 is 40.1. The van der Waals surface area contributed by atoms with E-state index in [0.717, 1.165) is 30.3 Å². The zero-order chi connectivity index (χ0) is 19.5. The van der Waals surface area contributed by atoms with Gasteiger partial charge in [0.05, 0.1) is 15.9 Å². The van der Waals surface area contributed by atoms with Crippen molar-refractivity contribution < 1.29 is 27.6 Å². The molecule has 0 spiro atoms. The summed E-state index contributed by atoms with van der Waals surface area (Å²) in [7, 11) is -4.33. The molecule has 8 nitrogen and oxygen atoms in total. The van der Waals surface area contributed by atoms with Crippen LogP contribution in [0.1, 0.15) is 18.0 Å². The molecule has 138 valence electrons. The van der Waals surface area contributed by atoms with Gasteiger partial charge in [0, 0.05) is 18.5 Å². The predicted molar refractivity (Wildman–Crippen MR) is 87.2 cm³/mol. The highest BCUT2D eigenvalue weighted by atomic mass is 35.5. The van der Waals surface area contributed by atoms with Crippen LogP contribution in [0.5, 0.6) is 0 Å². The second-order valence-corrected chi connectivity index (χ2v) is 7.29. The molecule has 11 heteroatoms.